The summed E-state index contributed by atoms with van der Waals surface area (Å²) in [5.41, 5.74) is 14.4. The highest BCUT2D eigenvalue weighted by Crippen LogP contribution is 2.46. The first-order valence-corrected chi connectivity index (χ1v) is 12.3. The van der Waals surface area contributed by atoms with E-state index in [0.717, 1.165) is 19.3 Å². The van der Waals surface area contributed by atoms with Gasteiger partial charge in [0.2, 0.25) is 11.8 Å². The molecule has 0 saturated carbocycles. The quantitative estimate of drug-likeness (QED) is 0.540. The summed E-state index contributed by atoms with van der Waals surface area (Å²) >= 11 is 6.45. The van der Waals surface area contributed by atoms with Crippen molar-refractivity contribution < 1.29 is 19.1 Å². The minimum absolute atomic E-state index is 0.0484. The maximum atomic E-state index is 12.8. The Bertz CT molecular complexity index is 1110. The van der Waals surface area contributed by atoms with Crippen LogP contribution in [0, 0.1) is 5.41 Å². The Morgan fingerprint density at radius 2 is 1.80 bits per heavy atom. The third-order valence-electron chi connectivity index (χ3n) is 7.24. The summed E-state index contributed by atoms with van der Waals surface area (Å²) < 4.78 is 5.69. The van der Waals surface area contributed by atoms with Crippen molar-refractivity contribution in [3.05, 3.63) is 64.2 Å². The molecule has 1 aliphatic heterocycles. The first-order valence-electron chi connectivity index (χ1n) is 11.9. The molecule has 2 aromatic rings. The molecule has 1 atom stereocenters. The summed E-state index contributed by atoms with van der Waals surface area (Å²) in [6.07, 6.45) is 3.38. The van der Waals surface area contributed by atoms with Crippen molar-refractivity contribution in [2.75, 3.05) is 31.6 Å². The van der Waals surface area contributed by atoms with E-state index in [1.165, 1.54) is 11.1 Å². The van der Waals surface area contributed by atoms with Crippen LogP contribution in [0.1, 0.15) is 41.9 Å². The van der Waals surface area contributed by atoms with Crippen molar-refractivity contribution in [3.8, 4) is 0 Å². The largest absolute Gasteiger partial charge is 0.449 e. The number of hydrogen-bond donors (Lipinski definition) is 3. The Morgan fingerprint density at radius 1 is 1.09 bits per heavy atom. The molecule has 186 valence electrons. The summed E-state index contributed by atoms with van der Waals surface area (Å²) in [6.45, 7) is 0.615. The predicted octanol–water partition coefficient (Wildman–Crippen LogP) is 3.21. The molecular formula is C26H31ClN4O4. The van der Waals surface area contributed by atoms with Crippen molar-refractivity contribution >= 4 is 35.2 Å². The van der Waals surface area contributed by atoms with Crippen LogP contribution in [0.4, 0.5) is 10.5 Å². The van der Waals surface area contributed by atoms with E-state index in [1.807, 2.05) is 18.2 Å². The fourth-order valence-corrected chi connectivity index (χ4v) is 5.60. The molecule has 1 aliphatic carbocycles. The van der Waals surface area contributed by atoms with Crippen LogP contribution < -0.4 is 16.8 Å². The third kappa shape index (κ3) is 5.44. The molecule has 2 aliphatic rings. The lowest BCUT2D eigenvalue weighted by Crippen LogP contribution is -2.51. The van der Waals surface area contributed by atoms with Gasteiger partial charge in [0, 0.05) is 29.2 Å². The summed E-state index contributed by atoms with van der Waals surface area (Å²) in [5.74, 6) is -1.51. The number of amides is 3. The molecule has 35 heavy (non-hydrogen) atoms. The number of fused-ring (bicyclic) bond motifs is 1. The van der Waals surface area contributed by atoms with Gasteiger partial charge >= 0.3 is 6.09 Å². The SMILES string of the molecule is NCC(=O)N1CCC(COC(=O)Nc2ccc3c(c2)CCC3)(C(C(N)=O)c2ccccc2Cl)CC1. The molecule has 2 aromatic carbocycles. The fourth-order valence-electron chi connectivity index (χ4n) is 5.35. The number of anilines is 1. The number of nitrogens with one attached hydrogen (secondary N) is 1. The summed E-state index contributed by atoms with van der Waals surface area (Å²) in [7, 11) is 0. The number of nitrogens with two attached hydrogens (primary N) is 2. The number of piperidine rings is 1. The second-order valence-corrected chi connectivity index (χ2v) is 9.75. The topological polar surface area (TPSA) is 128 Å². The van der Waals surface area contributed by atoms with Crippen LogP contribution in [-0.2, 0) is 27.2 Å². The van der Waals surface area contributed by atoms with Gasteiger partial charge in [-0.25, -0.2) is 4.79 Å². The zero-order valence-electron chi connectivity index (χ0n) is 19.6. The summed E-state index contributed by atoms with van der Waals surface area (Å²) in [4.78, 5) is 39.3. The molecule has 0 bridgehead atoms. The number of likely N-dealkylation sites (tertiary alicyclic amines) is 1. The fraction of sp³-hybridized carbons (Fsp3) is 0.423. The highest BCUT2D eigenvalue weighted by atomic mass is 35.5. The maximum Gasteiger partial charge on any atom is 0.411 e. The molecule has 5 N–H and O–H groups in total. The van der Waals surface area contributed by atoms with Crippen molar-refractivity contribution in [1.82, 2.24) is 4.90 Å². The van der Waals surface area contributed by atoms with Gasteiger partial charge in [0.1, 0.15) is 6.61 Å². The Hall–Kier alpha value is -3.10. The molecule has 4 rings (SSSR count). The number of aryl methyl sites for hydroxylation is 2. The minimum Gasteiger partial charge on any atom is -0.449 e. The lowest BCUT2D eigenvalue weighted by Gasteiger charge is -2.45. The molecular weight excluding hydrogens is 468 g/mol. The molecule has 0 spiro atoms. The lowest BCUT2D eigenvalue weighted by atomic mass is 9.66. The second-order valence-electron chi connectivity index (χ2n) is 9.34. The van der Waals surface area contributed by atoms with Gasteiger partial charge in [-0.1, -0.05) is 35.9 Å². The van der Waals surface area contributed by atoms with Crippen LogP contribution in [-0.4, -0.2) is 49.0 Å². The predicted molar refractivity (Wildman–Crippen MR) is 134 cm³/mol. The molecule has 9 heteroatoms. The van der Waals surface area contributed by atoms with Crippen LogP contribution in [0.15, 0.2) is 42.5 Å². The number of benzene rings is 2. The van der Waals surface area contributed by atoms with Gasteiger partial charge in [0.25, 0.3) is 0 Å². The van der Waals surface area contributed by atoms with E-state index in [4.69, 9.17) is 27.8 Å². The monoisotopic (exact) mass is 498 g/mol. The molecule has 1 heterocycles. The van der Waals surface area contributed by atoms with Gasteiger partial charge in [-0.15, -0.1) is 0 Å². The van der Waals surface area contributed by atoms with Gasteiger partial charge in [-0.2, -0.15) is 0 Å². The van der Waals surface area contributed by atoms with Crippen molar-refractivity contribution in [2.45, 2.75) is 38.0 Å². The zero-order valence-corrected chi connectivity index (χ0v) is 20.4. The minimum atomic E-state index is -0.822. The van der Waals surface area contributed by atoms with Crippen LogP contribution in [0.25, 0.3) is 0 Å². The van der Waals surface area contributed by atoms with Crippen molar-refractivity contribution in [2.24, 2.45) is 16.9 Å². The molecule has 0 aromatic heterocycles. The summed E-state index contributed by atoms with van der Waals surface area (Å²) in [6, 6.07) is 12.9. The Balaban J connectivity index is 1.54. The molecule has 1 unspecified atom stereocenters. The number of primary amides is 1. The van der Waals surface area contributed by atoms with E-state index in [0.29, 0.717) is 42.2 Å². The summed E-state index contributed by atoms with van der Waals surface area (Å²) in [5, 5.41) is 3.21. The van der Waals surface area contributed by atoms with Crippen LogP contribution in [0.2, 0.25) is 5.02 Å². The van der Waals surface area contributed by atoms with E-state index >= 15 is 0 Å². The van der Waals surface area contributed by atoms with Gasteiger partial charge < -0.3 is 21.1 Å². The number of carbonyl (C=O) groups is 3. The Labute approximate surface area is 209 Å². The molecule has 3 amide bonds. The number of rotatable bonds is 7. The van der Waals surface area contributed by atoms with Gasteiger partial charge in [0.15, 0.2) is 0 Å². The van der Waals surface area contributed by atoms with E-state index in [9.17, 15) is 14.4 Å². The van der Waals surface area contributed by atoms with Crippen molar-refractivity contribution in [1.29, 1.82) is 0 Å². The van der Waals surface area contributed by atoms with Crippen LogP contribution >= 0.6 is 11.6 Å². The Kier molecular flexibility index (Phi) is 7.62. The van der Waals surface area contributed by atoms with Crippen molar-refractivity contribution in [3.63, 3.8) is 0 Å². The normalized spacial score (nSPS) is 17.4. The van der Waals surface area contributed by atoms with Gasteiger partial charge in [0.05, 0.1) is 12.5 Å². The second kappa shape index (κ2) is 10.7. The molecule has 1 fully saturated rings. The van der Waals surface area contributed by atoms with E-state index in [2.05, 4.69) is 5.32 Å². The number of halogens is 1. The van der Waals surface area contributed by atoms with E-state index < -0.39 is 23.3 Å². The first-order chi connectivity index (χ1) is 16.8. The van der Waals surface area contributed by atoms with Crippen LogP contribution in [0.5, 0.6) is 0 Å². The molecule has 8 nitrogen and oxygen atoms in total. The average molecular weight is 499 g/mol. The number of nitrogens with zero attached hydrogens (tertiary/aromatic N) is 1. The van der Waals surface area contributed by atoms with Gasteiger partial charge in [-0.3, -0.25) is 14.9 Å². The maximum absolute atomic E-state index is 12.8. The van der Waals surface area contributed by atoms with Gasteiger partial charge in [-0.05, 0) is 67.0 Å². The number of ether oxygens (including phenoxy) is 1. The average Bonchev–Trinajstić information content (AvgIpc) is 3.32. The Morgan fingerprint density at radius 3 is 2.49 bits per heavy atom. The van der Waals surface area contributed by atoms with E-state index in [-0.39, 0.29) is 19.1 Å². The lowest BCUT2D eigenvalue weighted by molar-refractivity contribution is -0.134. The number of hydrogen-bond acceptors (Lipinski definition) is 5. The standard InChI is InChI=1S/C26H31ClN4O4/c27-21-7-2-1-6-20(21)23(24(29)33)26(10-12-31(13-11-26)22(32)15-28)16-35-25(34)30-19-9-8-17-4-3-5-18(17)14-19/h1-2,6-9,14,23H,3-5,10-13,15-16,28H2,(H2,29,33)(H,30,34). The van der Waals surface area contributed by atoms with E-state index in [1.54, 1.807) is 29.2 Å². The number of carbonyl (C=O) groups excluding carboxylic acids is 3. The third-order valence-corrected chi connectivity index (χ3v) is 7.58. The highest BCUT2D eigenvalue weighted by molar-refractivity contribution is 6.31. The van der Waals surface area contributed by atoms with Crippen LogP contribution in [0.3, 0.4) is 0 Å². The zero-order chi connectivity index (χ0) is 25.0. The smallest absolute Gasteiger partial charge is 0.411 e. The first kappa shape index (κ1) is 25.0. The molecule has 1 saturated heterocycles. The highest BCUT2D eigenvalue weighted by Gasteiger charge is 2.47. The molecule has 0 radical (unpaired) electrons.